The summed E-state index contributed by atoms with van der Waals surface area (Å²) in [5.41, 5.74) is 2.03. The fraction of sp³-hybridized carbons (Fsp3) is 0.680. The number of hydrogen-bond donors (Lipinski definition) is 1. The molecular weight excluding hydrogens is 425 g/mol. The number of ether oxygens (including phenoxy) is 2. The summed E-state index contributed by atoms with van der Waals surface area (Å²) in [6, 6.07) is 4.74. The second-order valence-corrected chi connectivity index (χ2v) is 9.59. The molecule has 1 saturated heterocycles. The van der Waals surface area contributed by atoms with Crippen LogP contribution < -0.4 is 10.2 Å². The molecule has 1 aromatic rings. The number of nitrogens with zero attached hydrogens (tertiary/aromatic N) is 2. The van der Waals surface area contributed by atoms with Crippen molar-refractivity contribution in [2.24, 2.45) is 5.92 Å². The topological polar surface area (TPSA) is 71.1 Å². The fourth-order valence-corrected chi connectivity index (χ4v) is 5.22. The molecule has 0 aromatic heterocycles. The Bertz CT molecular complexity index is 824. The molecule has 1 N–H and O–H groups in total. The van der Waals surface area contributed by atoms with Gasteiger partial charge in [0.25, 0.3) is 5.91 Å². The van der Waals surface area contributed by atoms with E-state index >= 15 is 0 Å². The molecule has 1 unspecified atom stereocenters. The number of fused-ring (bicyclic) bond motifs is 1. The summed E-state index contributed by atoms with van der Waals surface area (Å²) in [5.74, 6) is -0.0413. The Balaban J connectivity index is 1.36. The Morgan fingerprint density at radius 3 is 2.70 bits per heavy atom. The van der Waals surface area contributed by atoms with Gasteiger partial charge in [-0.25, -0.2) is 9.18 Å². The number of anilines is 1. The number of rotatable bonds is 7. The molecule has 33 heavy (non-hydrogen) atoms. The van der Waals surface area contributed by atoms with Gasteiger partial charge in [-0.3, -0.25) is 4.79 Å². The molecule has 2 amide bonds. The lowest BCUT2D eigenvalue weighted by molar-refractivity contribution is -0.132. The maximum atomic E-state index is 13.5. The first kappa shape index (κ1) is 23.8. The zero-order valence-electron chi connectivity index (χ0n) is 19.6. The number of morpholine rings is 1. The van der Waals surface area contributed by atoms with Crippen molar-refractivity contribution < 1.29 is 23.5 Å². The Morgan fingerprint density at radius 1 is 1.18 bits per heavy atom. The van der Waals surface area contributed by atoms with Crippen LogP contribution in [0.3, 0.4) is 0 Å². The van der Waals surface area contributed by atoms with Crippen LogP contribution in [-0.4, -0.2) is 68.4 Å². The Morgan fingerprint density at radius 2 is 1.94 bits per heavy atom. The van der Waals surface area contributed by atoms with Crippen LogP contribution >= 0.6 is 0 Å². The second kappa shape index (κ2) is 11.2. The number of benzene rings is 1. The lowest BCUT2D eigenvalue weighted by Crippen LogP contribution is -2.49. The van der Waals surface area contributed by atoms with E-state index in [-0.39, 0.29) is 17.8 Å². The smallest absolute Gasteiger partial charge is 0.410 e. The molecule has 0 radical (unpaired) electrons. The molecule has 0 bridgehead atoms. The minimum absolute atomic E-state index is 0.135. The monoisotopic (exact) mass is 461 g/mol. The summed E-state index contributed by atoms with van der Waals surface area (Å²) < 4.78 is 24.6. The molecule has 2 fully saturated rings. The van der Waals surface area contributed by atoms with Crippen LogP contribution in [0.15, 0.2) is 18.2 Å². The van der Waals surface area contributed by atoms with Crippen molar-refractivity contribution in [2.75, 3.05) is 44.3 Å². The van der Waals surface area contributed by atoms with Crippen LogP contribution in [0.2, 0.25) is 0 Å². The summed E-state index contributed by atoms with van der Waals surface area (Å²) in [6.45, 7) is 5.35. The van der Waals surface area contributed by atoms with Gasteiger partial charge in [-0.15, -0.1) is 0 Å². The molecule has 3 aliphatic rings. The third kappa shape index (κ3) is 6.37. The number of nitrogens with one attached hydrogen (secondary N) is 1. The van der Waals surface area contributed by atoms with Gasteiger partial charge >= 0.3 is 6.09 Å². The van der Waals surface area contributed by atoms with Crippen molar-refractivity contribution in [1.29, 1.82) is 0 Å². The Kier molecular flexibility index (Phi) is 8.06. The third-order valence-electron chi connectivity index (χ3n) is 6.99. The first-order chi connectivity index (χ1) is 16.0. The van der Waals surface area contributed by atoms with Crippen molar-refractivity contribution in [3.8, 4) is 0 Å². The second-order valence-electron chi connectivity index (χ2n) is 9.59. The van der Waals surface area contributed by atoms with Gasteiger partial charge in [0, 0.05) is 37.9 Å². The predicted octanol–water partition coefficient (Wildman–Crippen LogP) is 3.50. The summed E-state index contributed by atoms with van der Waals surface area (Å²) >= 11 is 0. The SMILES string of the molecule is C[C@@H](CN1CCc2cc(F)ccc21)NC(=O)C(CC1CCCCC1)OC(=O)N1CCOCC1. The molecule has 2 aliphatic heterocycles. The van der Waals surface area contributed by atoms with E-state index in [9.17, 15) is 14.0 Å². The summed E-state index contributed by atoms with van der Waals surface area (Å²) in [5, 5.41) is 3.07. The lowest BCUT2D eigenvalue weighted by Gasteiger charge is -2.31. The first-order valence-corrected chi connectivity index (χ1v) is 12.4. The van der Waals surface area contributed by atoms with E-state index in [1.165, 1.54) is 25.3 Å². The molecule has 2 atom stereocenters. The highest BCUT2D eigenvalue weighted by molar-refractivity contribution is 5.83. The average Bonchev–Trinajstić information content (AvgIpc) is 3.21. The normalized spacial score (nSPS) is 20.8. The van der Waals surface area contributed by atoms with Crippen molar-refractivity contribution in [2.45, 2.75) is 64.0 Å². The van der Waals surface area contributed by atoms with Crippen molar-refractivity contribution in [3.05, 3.63) is 29.6 Å². The van der Waals surface area contributed by atoms with Gasteiger partial charge in [0.15, 0.2) is 6.10 Å². The highest BCUT2D eigenvalue weighted by Crippen LogP contribution is 2.30. The van der Waals surface area contributed by atoms with Crippen LogP contribution in [0.4, 0.5) is 14.9 Å². The van der Waals surface area contributed by atoms with Gasteiger partial charge in [-0.05, 0) is 49.4 Å². The zero-order chi connectivity index (χ0) is 23.2. The van der Waals surface area contributed by atoms with Gasteiger partial charge in [0.1, 0.15) is 5.82 Å². The molecule has 1 aliphatic carbocycles. The van der Waals surface area contributed by atoms with E-state index in [1.54, 1.807) is 11.0 Å². The average molecular weight is 462 g/mol. The molecule has 1 saturated carbocycles. The van der Waals surface area contributed by atoms with Crippen LogP contribution in [0.1, 0.15) is 51.0 Å². The van der Waals surface area contributed by atoms with Gasteiger partial charge in [-0.1, -0.05) is 32.1 Å². The van der Waals surface area contributed by atoms with Gasteiger partial charge in [0.2, 0.25) is 0 Å². The zero-order valence-corrected chi connectivity index (χ0v) is 19.6. The number of carbonyl (C=O) groups excluding carboxylic acids is 2. The maximum absolute atomic E-state index is 13.5. The van der Waals surface area contributed by atoms with Crippen molar-refractivity contribution >= 4 is 17.7 Å². The van der Waals surface area contributed by atoms with Gasteiger partial charge in [0.05, 0.1) is 13.2 Å². The fourth-order valence-electron chi connectivity index (χ4n) is 5.22. The molecule has 7 nitrogen and oxygen atoms in total. The number of amides is 2. The number of halogens is 1. The molecule has 1 aromatic carbocycles. The number of hydrogen-bond acceptors (Lipinski definition) is 5. The summed E-state index contributed by atoms with van der Waals surface area (Å²) in [7, 11) is 0. The van der Waals surface area contributed by atoms with Crippen molar-refractivity contribution in [1.82, 2.24) is 10.2 Å². The van der Waals surface area contributed by atoms with E-state index in [0.29, 0.717) is 45.2 Å². The van der Waals surface area contributed by atoms with Crippen molar-refractivity contribution in [3.63, 3.8) is 0 Å². The van der Waals surface area contributed by atoms with Crippen LogP contribution in [0.25, 0.3) is 0 Å². The highest BCUT2D eigenvalue weighted by atomic mass is 19.1. The largest absolute Gasteiger partial charge is 0.436 e. The van der Waals surface area contributed by atoms with Gasteiger partial charge < -0.3 is 24.6 Å². The van der Waals surface area contributed by atoms with E-state index in [1.807, 2.05) is 13.0 Å². The molecule has 0 spiro atoms. The first-order valence-electron chi connectivity index (χ1n) is 12.4. The van der Waals surface area contributed by atoms with E-state index in [0.717, 1.165) is 37.1 Å². The van der Waals surface area contributed by atoms with E-state index < -0.39 is 12.2 Å². The lowest BCUT2D eigenvalue weighted by atomic mass is 9.85. The minimum Gasteiger partial charge on any atom is -0.436 e. The summed E-state index contributed by atoms with van der Waals surface area (Å²) in [6.07, 6.45) is 5.88. The molecule has 8 heteroatoms. The minimum atomic E-state index is -0.786. The quantitative estimate of drug-likeness (QED) is 0.673. The van der Waals surface area contributed by atoms with E-state index in [4.69, 9.17) is 9.47 Å². The standard InChI is InChI=1S/C25H36FN3O4/c1-18(17-29-10-9-20-16-21(26)7-8-22(20)29)27-24(30)23(15-19-5-3-2-4-6-19)33-25(31)28-11-13-32-14-12-28/h7-8,16,18-19,23H,2-6,9-15,17H2,1H3,(H,27,30)/t18-,23?/m0/s1. The van der Waals surface area contributed by atoms with Crippen LogP contribution in [0, 0.1) is 11.7 Å². The Hall–Kier alpha value is -2.35. The summed E-state index contributed by atoms with van der Waals surface area (Å²) in [4.78, 5) is 29.7. The van der Waals surface area contributed by atoms with E-state index in [2.05, 4.69) is 10.2 Å². The van der Waals surface area contributed by atoms with Crippen LogP contribution in [0.5, 0.6) is 0 Å². The maximum Gasteiger partial charge on any atom is 0.410 e. The molecular formula is C25H36FN3O4. The third-order valence-corrected chi connectivity index (χ3v) is 6.99. The highest BCUT2D eigenvalue weighted by Gasteiger charge is 2.31. The van der Waals surface area contributed by atoms with Crippen LogP contribution in [-0.2, 0) is 20.7 Å². The number of carbonyl (C=O) groups is 2. The van der Waals surface area contributed by atoms with Gasteiger partial charge in [-0.2, -0.15) is 0 Å². The molecule has 182 valence electrons. The predicted molar refractivity (Wildman–Crippen MR) is 124 cm³/mol. The Labute approximate surface area is 195 Å². The molecule has 2 heterocycles. The molecule has 4 rings (SSSR count).